The summed E-state index contributed by atoms with van der Waals surface area (Å²) >= 11 is 0. The van der Waals surface area contributed by atoms with E-state index in [2.05, 4.69) is 0 Å². The molecule has 0 amide bonds. The smallest absolute Gasteiger partial charge is 0.317 e. The first-order chi connectivity index (χ1) is 7.09. The van der Waals surface area contributed by atoms with Gasteiger partial charge in [0.25, 0.3) is 0 Å². The Morgan fingerprint density at radius 1 is 1.38 bits per heavy atom. The third-order valence-corrected chi connectivity index (χ3v) is 2.93. The van der Waals surface area contributed by atoms with Crippen molar-refractivity contribution < 1.29 is 15.0 Å². The largest absolute Gasteiger partial charge is 0.480 e. The van der Waals surface area contributed by atoms with E-state index in [1.54, 1.807) is 6.92 Å². The Morgan fingerprint density at radius 2 is 1.94 bits per heavy atom. The van der Waals surface area contributed by atoms with Gasteiger partial charge in [0.15, 0.2) is 0 Å². The summed E-state index contributed by atoms with van der Waals surface area (Å²) in [4.78, 5) is 12.6. The number of hydrogen-bond acceptors (Lipinski definition) is 3. The van der Waals surface area contributed by atoms with E-state index in [0.29, 0.717) is 12.6 Å². The van der Waals surface area contributed by atoms with Gasteiger partial charge in [0, 0.05) is 12.6 Å². The van der Waals surface area contributed by atoms with Crippen LogP contribution in [0.2, 0.25) is 0 Å². The van der Waals surface area contributed by atoms with Crippen molar-refractivity contribution in [1.82, 2.24) is 4.90 Å². The van der Waals surface area contributed by atoms with Crippen LogP contribution in [0.1, 0.15) is 39.0 Å². The maximum absolute atomic E-state index is 10.7. The van der Waals surface area contributed by atoms with Crippen LogP contribution in [0.5, 0.6) is 0 Å². The van der Waals surface area contributed by atoms with Crippen molar-refractivity contribution in [3.63, 3.8) is 0 Å². The molecule has 1 aliphatic carbocycles. The van der Waals surface area contributed by atoms with Crippen LogP contribution in [-0.2, 0) is 4.79 Å². The van der Waals surface area contributed by atoms with Crippen molar-refractivity contribution in [2.45, 2.75) is 51.2 Å². The van der Waals surface area contributed by atoms with E-state index in [1.165, 1.54) is 19.3 Å². The van der Waals surface area contributed by atoms with Crippen LogP contribution in [0.15, 0.2) is 0 Å². The summed E-state index contributed by atoms with van der Waals surface area (Å²) in [5, 5.41) is 18.1. The van der Waals surface area contributed by atoms with E-state index in [0.717, 1.165) is 12.8 Å². The first kappa shape index (κ1) is 15.7. The Bertz CT molecular complexity index is 205. The molecule has 0 spiro atoms. The lowest BCUT2D eigenvalue weighted by molar-refractivity contribution is -0.139. The molecule has 1 rings (SSSR count). The number of rotatable bonds is 5. The lowest BCUT2D eigenvalue weighted by Gasteiger charge is -2.33. The highest BCUT2D eigenvalue weighted by Crippen LogP contribution is 2.22. The van der Waals surface area contributed by atoms with Crippen LogP contribution in [-0.4, -0.2) is 46.3 Å². The van der Waals surface area contributed by atoms with Gasteiger partial charge in [-0.2, -0.15) is 0 Å². The summed E-state index contributed by atoms with van der Waals surface area (Å²) in [7, 11) is 0. The molecule has 0 radical (unpaired) electrons. The molecule has 4 nitrogen and oxygen atoms in total. The van der Waals surface area contributed by atoms with E-state index in [1.807, 2.05) is 4.90 Å². The van der Waals surface area contributed by atoms with Gasteiger partial charge in [-0.05, 0) is 19.8 Å². The molecule has 0 bridgehead atoms. The summed E-state index contributed by atoms with van der Waals surface area (Å²) in [6.07, 6.45) is 5.30. The number of aliphatic hydroxyl groups excluding tert-OH is 1. The first-order valence-corrected chi connectivity index (χ1v) is 5.73. The number of carbonyl (C=O) groups is 1. The number of carboxylic acids is 1. The molecule has 1 unspecified atom stereocenters. The highest BCUT2D eigenvalue weighted by molar-refractivity contribution is 5.85. The molecule has 1 saturated carbocycles. The van der Waals surface area contributed by atoms with E-state index >= 15 is 0 Å². The third-order valence-electron chi connectivity index (χ3n) is 2.93. The molecule has 0 aromatic carbocycles. The van der Waals surface area contributed by atoms with Crippen LogP contribution in [0.25, 0.3) is 0 Å². The van der Waals surface area contributed by atoms with E-state index in [-0.39, 0.29) is 19.0 Å². The van der Waals surface area contributed by atoms with Crippen molar-refractivity contribution in [1.29, 1.82) is 0 Å². The zero-order valence-corrected chi connectivity index (χ0v) is 10.6. The maximum atomic E-state index is 10.7. The minimum absolute atomic E-state index is 0. The van der Waals surface area contributed by atoms with Crippen LogP contribution in [0.3, 0.4) is 0 Å². The lowest BCUT2D eigenvalue weighted by Crippen LogP contribution is -2.43. The van der Waals surface area contributed by atoms with Gasteiger partial charge in [-0.1, -0.05) is 19.3 Å². The number of carboxylic acid groups (broad SMARTS) is 1. The zero-order chi connectivity index (χ0) is 11.3. The molecule has 0 aromatic rings. The predicted molar refractivity (Wildman–Crippen MR) is 65.0 cm³/mol. The van der Waals surface area contributed by atoms with Gasteiger partial charge in [-0.15, -0.1) is 12.4 Å². The SMILES string of the molecule is CC(O)CN(CC(=O)O)C1CCCCC1.Cl. The monoisotopic (exact) mass is 251 g/mol. The summed E-state index contributed by atoms with van der Waals surface area (Å²) in [6, 6.07) is 0.351. The molecule has 0 aliphatic heterocycles. The molecule has 0 aromatic heterocycles. The fourth-order valence-electron chi connectivity index (χ4n) is 2.30. The summed E-state index contributed by atoms with van der Waals surface area (Å²) < 4.78 is 0. The van der Waals surface area contributed by atoms with E-state index < -0.39 is 12.1 Å². The zero-order valence-electron chi connectivity index (χ0n) is 9.76. The normalized spacial score (nSPS) is 19.2. The van der Waals surface area contributed by atoms with Crippen LogP contribution < -0.4 is 0 Å². The molecular weight excluding hydrogens is 230 g/mol. The molecule has 5 heteroatoms. The standard InChI is InChI=1S/C11H21NO3.ClH/c1-9(13)7-12(8-11(14)15)10-5-3-2-4-6-10;/h9-10,13H,2-8H2,1H3,(H,14,15);1H. The molecule has 96 valence electrons. The minimum Gasteiger partial charge on any atom is -0.480 e. The second-order valence-corrected chi connectivity index (χ2v) is 4.46. The van der Waals surface area contributed by atoms with Crippen LogP contribution >= 0.6 is 12.4 Å². The van der Waals surface area contributed by atoms with Crippen LogP contribution in [0, 0.1) is 0 Å². The van der Waals surface area contributed by atoms with Crippen molar-refractivity contribution >= 4 is 18.4 Å². The number of nitrogens with zero attached hydrogens (tertiary/aromatic N) is 1. The molecule has 2 N–H and O–H groups in total. The molecule has 1 aliphatic rings. The Kier molecular flexibility index (Phi) is 7.72. The topological polar surface area (TPSA) is 60.8 Å². The van der Waals surface area contributed by atoms with Crippen LogP contribution in [0.4, 0.5) is 0 Å². The quantitative estimate of drug-likeness (QED) is 0.778. The molecular formula is C11H22ClNO3. The third kappa shape index (κ3) is 5.68. The second-order valence-electron chi connectivity index (χ2n) is 4.46. The predicted octanol–water partition coefficient (Wildman–Crippen LogP) is 1.51. The number of aliphatic carboxylic acids is 1. The molecule has 0 heterocycles. The minimum atomic E-state index is -0.804. The van der Waals surface area contributed by atoms with Crippen molar-refractivity contribution in [3.05, 3.63) is 0 Å². The summed E-state index contributed by atoms with van der Waals surface area (Å²) in [5.74, 6) is -0.804. The van der Waals surface area contributed by atoms with Gasteiger partial charge in [0.2, 0.25) is 0 Å². The van der Waals surface area contributed by atoms with Crippen molar-refractivity contribution in [2.24, 2.45) is 0 Å². The van der Waals surface area contributed by atoms with E-state index in [4.69, 9.17) is 5.11 Å². The number of hydrogen-bond donors (Lipinski definition) is 2. The first-order valence-electron chi connectivity index (χ1n) is 5.73. The molecule has 1 atom stereocenters. The highest BCUT2D eigenvalue weighted by Gasteiger charge is 2.23. The number of aliphatic hydroxyl groups is 1. The fraction of sp³-hybridized carbons (Fsp3) is 0.909. The average Bonchev–Trinajstić information content (AvgIpc) is 2.17. The molecule has 0 saturated heterocycles. The maximum Gasteiger partial charge on any atom is 0.317 e. The van der Waals surface area contributed by atoms with Gasteiger partial charge < -0.3 is 10.2 Å². The van der Waals surface area contributed by atoms with Crippen molar-refractivity contribution in [2.75, 3.05) is 13.1 Å². The van der Waals surface area contributed by atoms with Gasteiger partial charge in [-0.3, -0.25) is 9.69 Å². The second kappa shape index (κ2) is 7.87. The Balaban J connectivity index is 0.00000225. The lowest BCUT2D eigenvalue weighted by atomic mass is 9.94. The van der Waals surface area contributed by atoms with Gasteiger partial charge in [0.05, 0.1) is 12.6 Å². The Hall–Kier alpha value is -0.320. The van der Waals surface area contributed by atoms with Gasteiger partial charge >= 0.3 is 5.97 Å². The average molecular weight is 252 g/mol. The summed E-state index contributed by atoms with van der Waals surface area (Å²) in [5.41, 5.74) is 0. The Morgan fingerprint density at radius 3 is 2.38 bits per heavy atom. The van der Waals surface area contributed by atoms with E-state index in [9.17, 15) is 9.90 Å². The van der Waals surface area contributed by atoms with Crippen molar-refractivity contribution in [3.8, 4) is 0 Å². The molecule has 1 fully saturated rings. The Labute approximate surface area is 103 Å². The van der Waals surface area contributed by atoms with Gasteiger partial charge in [-0.25, -0.2) is 0 Å². The van der Waals surface area contributed by atoms with Gasteiger partial charge in [0.1, 0.15) is 0 Å². The summed E-state index contributed by atoms with van der Waals surface area (Å²) in [6.45, 7) is 2.23. The fourth-order valence-corrected chi connectivity index (χ4v) is 2.30. The highest BCUT2D eigenvalue weighted by atomic mass is 35.5. The molecule has 16 heavy (non-hydrogen) atoms. The number of halogens is 1.